The number of hydrogen-bond donors (Lipinski definition) is 2. The molecule has 0 aliphatic carbocycles. The smallest absolute Gasteiger partial charge is 0.407 e. The molecule has 12 heteroatoms. The minimum atomic E-state index is -0.688. The highest BCUT2D eigenvalue weighted by Crippen LogP contribution is 2.32. The minimum absolute atomic E-state index is 0.00908. The molecule has 46 heavy (non-hydrogen) atoms. The van der Waals surface area contributed by atoms with Gasteiger partial charge < -0.3 is 25.2 Å². The second kappa shape index (κ2) is 15.7. The van der Waals surface area contributed by atoms with E-state index >= 15 is 4.39 Å². The third-order valence-corrected chi connectivity index (χ3v) is 8.84. The number of carbonyl (C=O) groups excluding carboxylic acids is 2. The normalized spacial score (nSPS) is 15.4. The lowest BCUT2D eigenvalue weighted by atomic mass is 10.1. The van der Waals surface area contributed by atoms with Gasteiger partial charge in [0.2, 0.25) is 5.43 Å². The number of thiazole rings is 1. The number of rotatable bonds is 11. The van der Waals surface area contributed by atoms with Crippen molar-refractivity contribution in [2.45, 2.75) is 84.9 Å². The van der Waals surface area contributed by atoms with Gasteiger partial charge in [0, 0.05) is 25.7 Å². The van der Waals surface area contributed by atoms with Crippen molar-refractivity contribution in [1.82, 2.24) is 24.9 Å². The van der Waals surface area contributed by atoms with Gasteiger partial charge in [-0.3, -0.25) is 14.0 Å². The van der Waals surface area contributed by atoms with Crippen LogP contribution in [0, 0.1) is 5.82 Å². The highest BCUT2D eigenvalue weighted by molar-refractivity contribution is 7.19. The third kappa shape index (κ3) is 8.14. The first kappa shape index (κ1) is 36.7. The summed E-state index contributed by atoms with van der Waals surface area (Å²) in [5.41, 5.74) is -0.471. The molecule has 252 valence electrons. The number of aromatic nitrogens is 2. The number of amides is 2. The number of halogens is 1. The van der Waals surface area contributed by atoms with E-state index in [4.69, 9.17) is 4.74 Å². The van der Waals surface area contributed by atoms with Crippen LogP contribution in [0.4, 0.5) is 15.0 Å². The quantitative estimate of drug-likeness (QED) is 0.249. The van der Waals surface area contributed by atoms with Crippen LogP contribution in [0.25, 0.3) is 28.0 Å². The van der Waals surface area contributed by atoms with E-state index in [1.165, 1.54) is 11.3 Å². The fourth-order valence-electron chi connectivity index (χ4n) is 5.57. The molecule has 0 radical (unpaired) electrons. The van der Waals surface area contributed by atoms with Crippen LogP contribution in [-0.4, -0.2) is 77.7 Å². The topological polar surface area (TPSA) is 108 Å². The molecule has 2 unspecified atom stereocenters. The summed E-state index contributed by atoms with van der Waals surface area (Å²) >= 11 is 1.23. The van der Waals surface area contributed by atoms with E-state index < -0.39 is 28.8 Å². The molecular weight excluding hydrogens is 607 g/mol. The molecule has 0 spiro atoms. The monoisotopic (exact) mass is 656 g/mol. The number of ether oxygens (including phenoxy) is 1. The predicted octanol–water partition coefficient (Wildman–Crippen LogP) is 6.31. The van der Waals surface area contributed by atoms with Crippen molar-refractivity contribution in [2.24, 2.45) is 0 Å². The second-order valence-electron chi connectivity index (χ2n) is 12.3. The number of carbonyl (C=O) groups is 2. The summed E-state index contributed by atoms with van der Waals surface area (Å²) in [5.74, 6) is -1.15. The number of fused-ring (bicyclic) bond motifs is 3. The van der Waals surface area contributed by atoms with Crippen molar-refractivity contribution in [1.29, 1.82) is 0 Å². The molecule has 3 aromatic rings. The molecule has 3 aromatic heterocycles. The Bertz CT molecular complexity index is 1640. The first-order valence-corrected chi connectivity index (χ1v) is 16.8. The van der Waals surface area contributed by atoms with E-state index in [0.717, 1.165) is 25.3 Å². The summed E-state index contributed by atoms with van der Waals surface area (Å²) in [6.45, 7) is 20.5. The summed E-state index contributed by atoms with van der Waals surface area (Å²) in [4.78, 5) is 49.3. The van der Waals surface area contributed by atoms with Gasteiger partial charge in [0.25, 0.3) is 5.91 Å². The molecule has 1 saturated heterocycles. The van der Waals surface area contributed by atoms with Crippen LogP contribution < -0.4 is 21.0 Å². The summed E-state index contributed by atoms with van der Waals surface area (Å²) in [6, 6.07) is 1.18. The molecule has 1 fully saturated rings. The molecule has 2 N–H and O–H groups in total. The van der Waals surface area contributed by atoms with Crippen LogP contribution >= 0.6 is 11.3 Å². The van der Waals surface area contributed by atoms with E-state index in [-0.39, 0.29) is 28.5 Å². The number of anilines is 1. The maximum atomic E-state index is 15.7. The van der Waals surface area contributed by atoms with Crippen molar-refractivity contribution in [3.05, 3.63) is 51.4 Å². The van der Waals surface area contributed by atoms with Crippen molar-refractivity contribution in [3.8, 4) is 0 Å². The maximum absolute atomic E-state index is 15.7. The van der Waals surface area contributed by atoms with Gasteiger partial charge in [0.15, 0.2) is 17.3 Å². The van der Waals surface area contributed by atoms with Gasteiger partial charge in [-0.15, -0.1) is 11.3 Å². The Morgan fingerprint density at radius 2 is 1.93 bits per heavy atom. The Balaban J connectivity index is 0.00000282. The fourth-order valence-corrected chi connectivity index (χ4v) is 6.71. The standard InChI is InChI=1S/C32H43FN6O4S.C2H6/c1-9-12-20(37(7)8)13-15-34-29(41)25-26(40)21-17-22(33)28(36-27(21)39-23(10-2)24(11-3)44-30(25)39)38-16-14-19(18-38)35-31(42)43-32(4,5)6;1-2/h10-11,17,19-20H,2-3,9,12-16,18H2,1,4-8H3,(H,34,41)(H,35,42);1-2H3. The zero-order valence-electron chi connectivity index (χ0n) is 28.5. The van der Waals surface area contributed by atoms with Gasteiger partial charge in [-0.05, 0) is 72.3 Å². The van der Waals surface area contributed by atoms with Crippen molar-refractivity contribution < 1.29 is 18.7 Å². The second-order valence-corrected chi connectivity index (χ2v) is 13.3. The number of hydrogen-bond acceptors (Lipinski definition) is 8. The highest BCUT2D eigenvalue weighted by Gasteiger charge is 2.30. The van der Waals surface area contributed by atoms with Crippen molar-refractivity contribution in [3.63, 3.8) is 0 Å². The summed E-state index contributed by atoms with van der Waals surface area (Å²) in [5, 5.41) is 5.75. The van der Waals surface area contributed by atoms with Gasteiger partial charge in [-0.25, -0.2) is 14.2 Å². The summed E-state index contributed by atoms with van der Waals surface area (Å²) in [7, 11) is 4.02. The van der Waals surface area contributed by atoms with E-state index in [2.05, 4.69) is 40.6 Å². The SMILES string of the molecule is C=Cc1sc2c(C(=O)NCCC(CCC)N(C)C)c(=O)c3cc(F)c(N4CCC(NC(=O)OC(C)(C)C)C4)nc3n2c1C=C.CC. The molecule has 0 bridgehead atoms. The molecule has 4 heterocycles. The van der Waals surface area contributed by atoms with E-state index in [1.54, 1.807) is 42.2 Å². The van der Waals surface area contributed by atoms with Crippen LogP contribution in [0.1, 0.15) is 88.2 Å². The lowest BCUT2D eigenvalue weighted by Crippen LogP contribution is -2.40. The molecule has 0 aromatic carbocycles. The van der Waals surface area contributed by atoms with E-state index in [0.29, 0.717) is 47.5 Å². The van der Waals surface area contributed by atoms with Gasteiger partial charge in [-0.2, -0.15) is 0 Å². The minimum Gasteiger partial charge on any atom is -0.444 e. The van der Waals surface area contributed by atoms with Crippen LogP contribution in [0.3, 0.4) is 0 Å². The van der Waals surface area contributed by atoms with Crippen LogP contribution in [0.5, 0.6) is 0 Å². The Kier molecular flexibility index (Phi) is 12.5. The third-order valence-electron chi connectivity index (χ3n) is 7.67. The van der Waals surface area contributed by atoms with Gasteiger partial charge in [0.1, 0.15) is 16.0 Å². The molecule has 0 saturated carbocycles. The van der Waals surface area contributed by atoms with Crippen molar-refractivity contribution >= 4 is 57.2 Å². The number of pyridine rings is 2. The molecule has 2 atom stereocenters. The number of nitrogens with zero attached hydrogens (tertiary/aromatic N) is 4. The molecule has 2 amide bonds. The fraction of sp³-hybridized carbons (Fsp3) is 0.529. The Labute approximate surface area is 275 Å². The first-order valence-electron chi connectivity index (χ1n) is 15.9. The van der Waals surface area contributed by atoms with Gasteiger partial charge >= 0.3 is 6.09 Å². The maximum Gasteiger partial charge on any atom is 0.407 e. The zero-order valence-corrected chi connectivity index (χ0v) is 29.3. The highest BCUT2D eigenvalue weighted by atomic mass is 32.1. The van der Waals surface area contributed by atoms with Crippen LogP contribution in [-0.2, 0) is 4.74 Å². The first-order chi connectivity index (χ1) is 21.8. The molecule has 10 nitrogen and oxygen atoms in total. The lowest BCUT2D eigenvalue weighted by Gasteiger charge is -2.24. The molecule has 1 aliphatic heterocycles. The largest absolute Gasteiger partial charge is 0.444 e. The van der Waals surface area contributed by atoms with Crippen molar-refractivity contribution in [2.75, 3.05) is 38.6 Å². The number of alkyl carbamates (subject to hydrolysis) is 1. The molecular formula is C34H49FN6O4S. The number of nitrogens with one attached hydrogen (secondary N) is 2. The Morgan fingerprint density at radius 3 is 2.52 bits per heavy atom. The molecule has 4 rings (SSSR count). The Hall–Kier alpha value is -3.77. The van der Waals surface area contributed by atoms with Crippen LogP contribution in [0.2, 0.25) is 0 Å². The Morgan fingerprint density at radius 1 is 1.24 bits per heavy atom. The lowest BCUT2D eigenvalue weighted by molar-refractivity contribution is 0.0508. The van der Waals surface area contributed by atoms with E-state index in [1.807, 2.05) is 27.9 Å². The molecule has 1 aliphatic rings. The van der Waals surface area contributed by atoms with Gasteiger partial charge in [0.05, 0.1) is 22.0 Å². The van der Waals surface area contributed by atoms with E-state index in [9.17, 15) is 14.4 Å². The van der Waals surface area contributed by atoms with Crippen LogP contribution in [0.15, 0.2) is 24.0 Å². The average molecular weight is 657 g/mol. The zero-order chi connectivity index (χ0) is 34.3. The summed E-state index contributed by atoms with van der Waals surface area (Å²) in [6.07, 6.45) is 6.01. The average Bonchev–Trinajstić information content (AvgIpc) is 3.60. The summed E-state index contributed by atoms with van der Waals surface area (Å²) < 4.78 is 22.7. The predicted molar refractivity (Wildman–Crippen MR) is 188 cm³/mol. The van der Waals surface area contributed by atoms with Gasteiger partial charge in [-0.1, -0.05) is 40.3 Å².